The molecule has 3 aromatic carbocycles. The van der Waals surface area contributed by atoms with Gasteiger partial charge in [-0.25, -0.2) is 8.42 Å². The molecule has 0 fully saturated rings. The van der Waals surface area contributed by atoms with Crippen molar-refractivity contribution in [3.8, 4) is 5.75 Å². The topological polar surface area (TPSA) is 96.0 Å². The van der Waals surface area contributed by atoms with Crippen LogP contribution in [0.2, 0.25) is 10.0 Å². The molecular formula is C28H31Cl2N3O5S. The second kappa shape index (κ2) is 13.2. The number of benzene rings is 3. The summed E-state index contributed by atoms with van der Waals surface area (Å²) >= 11 is 12.7. The highest BCUT2D eigenvalue weighted by atomic mass is 35.5. The largest absolute Gasteiger partial charge is 0.497 e. The minimum Gasteiger partial charge on any atom is -0.497 e. The molecule has 3 rings (SSSR count). The van der Waals surface area contributed by atoms with Gasteiger partial charge in [-0.2, -0.15) is 0 Å². The normalized spacial score (nSPS) is 12.1. The van der Waals surface area contributed by atoms with Crippen molar-refractivity contribution in [1.29, 1.82) is 0 Å². The minimum absolute atomic E-state index is 0.0172. The number of anilines is 1. The van der Waals surface area contributed by atoms with E-state index in [9.17, 15) is 18.0 Å². The molecule has 1 N–H and O–H groups in total. The predicted octanol–water partition coefficient (Wildman–Crippen LogP) is 5.14. The van der Waals surface area contributed by atoms with E-state index < -0.39 is 28.5 Å². The van der Waals surface area contributed by atoms with Crippen LogP contribution in [-0.2, 0) is 26.2 Å². The lowest BCUT2D eigenvalue weighted by Crippen LogP contribution is -2.52. The second-order valence-corrected chi connectivity index (χ2v) is 11.8. The van der Waals surface area contributed by atoms with Crippen LogP contribution < -0.4 is 14.4 Å². The van der Waals surface area contributed by atoms with E-state index in [4.69, 9.17) is 27.9 Å². The van der Waals surface area contributed by atoms with E-state index >= 15 is 0 Å². The highest BCUT2D eigenvalue weighted by molar-refractivity contribution is 7.92. The molecule has 208 valence electrons. The van der Waals surface area contributed by atoms with Gasteiger partial charge in [-0.15, -0.1) is 0 Å². The van der Waals surface area contributed by atoms with Crippen molar-refractivity contribution in [3.05, 3.63) is 88.4 Å². The van der Waals surface area contributed by atoms with E-state index in [1.807, 2.05) is 13.8 Å². The van der Waals surface area contributed by atoms with Crippen molar-refractivity contribution < 1.29 is 22.7 Å². The van der Waals surface area contributed by atoms with E-state index in [1.54, 1.807) is 55.5 Å². The van der Waals surface area contributed by atoms with Crippen molar-refractivity contribution in [3.63, 3.8) is 0 Å². The number of halogens is 2. The zero-order chi connectivity index (χ0) is 28.7. The third-order valence-corrected chi connectivity index (χ3v) is 8.48. The van der Waals surface area contributed by atoms with Gasteiger partial charge >= 0.3 is 0 Å². The van der Waals surface area contributed by atoms with Crippen LogP contribution in [0.1, 0.15) is 26.3 Å². The molecule has 0 saturated carbocycles. The molecule has 0 radical (unpaired) electrons. The zero-order valence-electron chi connectivity index (χ0n) is 22.1. The first-order chi connectivity index (χ1) is 18.4. The number of ether oxygens (including phenoxy) is 1. The molecule has 0 aromatic heterocycles. The zero-order valence-corrected chi connectivity index (χ0v) is 24.4. The maximum absolute atomic E-state index is 13.9. The molecule has 0 heterocycles. The van der Waals surface area contributed by atoms with Crippen LogP contribution in [0.4, 0.5) is 5.69 Å². The smallest absolute Gasteiger partial charge is 0.264 e. The average molecular weight is 593 g/mol. The fourth-order valence-electron chi connectivity index (χ4n) is 3.87. The Bertz CT molecular complexity index is 1420. The number of hydrogen-bond donors (Lipinski definition) is 1. The maximum atomic E-state index is 13.9. The number of methoxy groups -OCH3 is 1. The van der Waals surface area contributed by atoms with Gasteiger partial charge in [-0.3, -0.25) is 13.9 Å². The van der Waals surface area contributed by atoms with Crippen molar-refractivity contribution >= 4 is 50.7 Å². The second-order valence-electron chi connectivity index (χ2n) is 9.11. The molecule has 0 unspecified atom stereocenters. The van der Waals surface area contributed by atoms with Crippen molar-refractivity contribution in [2.24, 2.45) is 0 Å². The molecule has 11 heteroatoms. The summed E-state index contributed by atoms with van der Waals surface area (Å²) in [7, 11) is -2.72. The lowest BCUT2D eigenvalue weighted by atomic mass is 10.1. The van der Waals surface area contributed by atoms with E-state index in [0.717, 1.165) is 4.31 Å². The highest BCUT2D eigenvalue weighted by Crippen LogP contribution is 2.35. The summed E-state index contributed by atoms with van der Waals surface area (Å²) in [5.74, 6) is -0.405. The van der Waals surface area contributed by atoms with Crippen molar-refractivity contribution in [2.45, 2.75) is 44.3 Å². The molecule has 1 atom stereocenters. The van der Waals surface area contributed by atoms with E-state index in [1.165, 1.54) is 36.3 Å². The molecule has 0 spiro atoms. The van der Waals surface area contributed by atoms with Gasteiger partial charge in [-0.1, -0.05) is 59.6 Å². The first-order valence-electron chi connectivity index (χ1n) is 12.2. The average Bonchev–Trinajstić information content (AvgIpc) is 2.91. The maximum Gasteiger partial charge on any atom is 0.264 e. The Morgan fingerprint density at radius 1 is 0.949 bits per heavy atom. The Kier molecular flexibility index (Phi) is 10.2. The minimum atomic E-state index is -4.25. The number of hydrogen-bond acceptors (Lipinski definition) is 5. The summed E-state index contributed by atoms with van der Waals surface area (Å²) in [5, 5.41) is 2.93. The summed E-state index contributed by atoms with van der Waals surface area (Å²) in [6, 6.07) is 18.3. The molecule has 0 aliphatic rings. The van der Waals surface area contributed by atoms with Crippen molar-refractivity contribution in [2.75, 3.05) is 18.0 Å². The summed E-state index contributed by atoms with van der Waals surface area (Å²) in [5.41, 5.74) is 0.743. The molecule has 8 nitrogen and oxygen atoms in total. The fourth-order valence-corrected chi connectivity index (χ4v) is 5.77. The number of nitrogens with zero attached hydrogens (tertiary/aromatic N) is 2. The Labute approximate surface area is 239 Å². The van der Waals surface area contributed by atoms with Gasteiger partial charge < -0.3 is 15.0 Å². The molecule has 0 aliphatic heterocycles. The van der Waals surface area contributed by atoms with Crippen LogP contribution in [0.25, 0.3) is 0 Å². The molecule has 3 aromatic rings. The van der Waals surface area contributed by atoms with Crippen LogP contribution in [0.3, 0.4) is 0 Å². The number of sulfonamides is 1. The molecule has 0 aliphatic carbocycles. The Morgan fingerprint density at radius 3 is 2.26 bits per heavy atom. The Balaban J connectivity index is 2.07. The van der Waals surface area contributed by atoms with Crippen LogP contribution in [-0.4, -0.2) is 50.9 Å². The molecular weight excluding hydrogens is 561 g/mol. The molecule has 2 amide bonds. The standard InChI is InChI=1S/C28H31Cl2N3O5S/c1-19(2)31-28(35)20(3)32(17-21-10-8-11-22(16-21)38-4)26(34)18-33(25-15-9-14-24(29)27(25)30)39(36,37)23-12-6-5-7-13-23/h5-16,19-20H,17-18H2,1-4H3,(H,31,35)/t20-/m0/s1. The quantitative estimate of drug-likeness (QED) is 0.333. The molecule has 0 bridgehead atoms. The Morgan fingerprint density at radius 2 is 1.62 bits per heavy atom. The number of carbonyl (C=O) groups is 2. The Hall–Kier alpha value is -3.27. The third-order valence-electron chi connectivity index (χ3n) is 5.90. The van der Waals surface area contributed by atoms with Gasteiger partial charge in [0.05, 0.1) is 27.7 Å². The summed E-state index contributed by atoms with van der Waals surface area (Å²) in [6.07, 6.45) is 0. The summed E-state index contributed by atoms with van der Waals surface area (Å²) in [4.78, 5) is 28.2. The predicted molar refractivity (Wildman–Crippen MR) is 154 cm³/mol. The number of nitrogens with one attached hydrogen (secondary N) is 1. The lowest BCUT2D eigenvalue weighted by Gasteiger charge is -2.32. The fraction of sp³-hybridized carbons (Fsp3) is 0.286. The summed E-state index contributed by atoms with van der Waals surface area (Å²) in [6.45, 7) is 4.63. The van der Waals surface area contributed by atoms with E-state index in [0.29, 0.717) is 11.3 Å². The van der Waals surface area contributed by atoms with E-state index in [-0.39, 0.29) is 39.1 Å². The monoisotopic (exact) mass is 591 g/mol. The van der Waals surface area contributed by atoms with Gasteiger partial charge in [0.15, 0.2) is 0 Å². The SMILES string of the molecule is COc1cccc(CN(C(=O)CN(c2cccc(Cl)c2Cl)S(=O)(=O)c2ccccc2)[C@@H](C)C(=O)NC(C)C)c1. The van der Waals surface area contributed by atoms with Gasteiger partial charge in [0.1, 0.15) is 18.3 Å². The van der Waals surface area contributed by atoms with Gasteiger partial charge in [-0.05, 0) is 62.7 Å². The van der Waals surface area contributed by atoms with Gasteiger partial charge in [0.25, 0.3) is 10.0 Å². The lowest BCUT2D eigenvalue weighted by molar-refractivity contribution is -0.139. The van der Waals surface area contributed by atoms with Crippen molar-refractivity contribution in [1.82, 2.24) is 10.2 Å². The van der Waals surface area contributed by atoms with Gasteiger partial charge in [0, 0.05) is 12.6 Å². The first kappa shape index (κ1) is 30.3. The number of rotatable bonds is 11. The van der Waals surface area contributed by atoms with Crippen LogP contribution in [0, 0.1) is 0 Å². The molecule has 0 saturated heterocycles. The van der Waals surface area contributed by atoms with Crippen LogP contribution in [0.15, 0.2) is 77.7 Å². The number of amides is 2. The van der Waals surface area contributed by atoms with Crippen LogP contribution >= 0.6 is 23.2 Å². The van der Waals surface area contributed by atoms with E-state index in [2.05, 4.69) is 5.32 Å². The summed E-state index contributed by atoms with van der Waals surface area (Å²) < 4.78 is 33.8. The van der Waals surface area contributed by atoms with Crippen LogP contribution in [0.5, 0.6) is 5.75 Å². The molecule has 39 heavy (non-hydrogen) atoms. The van der Waals surface area contributed by atoms with Gasteiger partial charge in [0.2, 0.25) is 11.8 Å². The number of carbonyl (C=O) groups excluding carboxylic acids is 2. The first-order valence-corrected chi connectivity index (χ1v) is 14.4. The highest BCUT2D eigenvalue weighted by Gasteiger charge is 2.33. The third kappa shape index (κ3) is 7.44.